The summed E-state index contributed by atoms with van der Waals surface area (Å²) in [5.41, 5.74) is 4.51. The molecule has 2 rings (SSSR count). The average Bonchev–Trinajstić information content (AvgIpc) is 2.88. The summed E-state index contributed by atoms with van der Waals surface area (Å²) in [5.74, 6) is -0.340. The van der Waals surface area contributed by atoms with Crippen LogP contribution in [0.4, 0.5) is 0 Å². The van der Waals surface area contributed by atoms with Crippen LogP contribution in [0, 0.1) is 0 Å². The molecule has 1 heterocycles. The van der Waals surface area contributed by atoms with Crippen LogP contribution in [-0.4, -0.2) is 22.3 Å². The van der Waals surface area contributed by atoms with E-state index in [1.54, 1.807) is 12.3 Å². The first-order chi connectivity index (χ1) is 9.86. The first kappa shape index (κ1) is 15.4. The van der Waals surface area contributed by atoms with E-state index in [1.807, 2.05) is 45.0 Å². The molecule has 110 valence electrons. The fraction of sp³-hybridized carbons (Fsp3) is 0.267. The van der Waals surface area contributed by atoms with Gasteiger partial charge in [-0.05, 0) is 23.8 Å². The van der Waals surface area contributed by atoms with Gasteiger partial charge in [-0.1, -0.05) is 48.8 Å². The lowest BCUT2D eigenvalue weighted by Crippen LogP contribution is -2.18. The molecule has 0 bridgehead atoms. The maximum atomic E-state index is 11.9. The first-order valence-electron chi connectivity index (χ1n) is 6.51. The molecule has 2 aromatic rings. The molecule has 5 nitrogen and oxygen atoms in total. The molecular formula is C15H17BrN4O. The SMILES string of the molecule is CC(C)(C)c1cc(C(=O)N/N=C\c2cccc(Br)c2)n[nH]1. The highest BCUT2D eigenvalue weighted by molar-refractivity contribution is 9.10. The monoisotopic (exact) mass is 348 g/mol. The summed E-state index contributed by atoms with van der Waals surface area (Å²) in [6, 6.07) is 9.36. The smallest absolute Gasteiger partial charge is 0.281 e. The number of aromatic nitrogens is 2. The number of hydrazone groups is 1. The van der Waals surface area contributed by atoms with Gasteiger partial charge < -0.3 is 0 Å². The predicted molar refractivity (Wildman–Crippen MR) is 86.5 cm³/mol. The van der Waals surface area contributed by atoms with E-state index in [0.717, 1.165) is 15.7 Å². The van der Waals surface area contributed by atoms with Gasteiger partial charge in [0.15, 0.2) is 5.69 Å². The van der Waals surface area contributed by atoms with Crippen molar-refractivity contribution in [3.05, 3.63) is 51.8 Å². The topological polar surface area (TPSA) is 70.1 Å². The second kappa shape index (κ2) is 6.22. The van der Waals surface area contributed by atoms with Gasteiger partial charge in [-0.25, -0.2) is 5.43 Å². The number of benzene rings is 1. The fourth-order valence-electron chi connectivity index (χ4n) is 1.63. The van der Waals surface area contributed by atoms with E-state index in [1.165, 1.54) is 0 Å². The third-order valence-electron chi connectivity index (χ3n) is 2.85. The largest absolute Gasteiger partial charge is 0.291 e. The number of hydrogen-bond acceptors (Lipinski definition) is 3. The molecule has 1 aromatic heterocycles. The Hall–Kier alpha value is -1.95. The van der Waals surface area contributed by atoms with Crippen LogP contribution in [-0.2, 0) is 5.41 Å². The molecule has 0 fully saturated rings. The van der Waals surface area contributed by atoms with Crippen LogP contribution in [0.15, 0.2) is 39.9 Å². The summed E-state index contributed by atoms with van der Waals surface area (Å²) < 4.78 is 0.958. The minimum absolute atomic E-state index is 0.0783. The Morgan fingerprint density at radius 2 is 2.14 bits per heavy atom. The van der Waals surface area contributed by atoms with E-state index in [0.29, 0.717) is 5.69 Å². The number of carbonyl (C=O) groups excluding carboxylic acids is 1. The van der Waals surface area contributed by atoms with Crippen molar-refractivity contribution in [3.8, 4) is 0 Å². The van der Waals surface area contributed by atoms with Gasteiger partial charge in [-0.3, -0.25) is 9.89 Å². The van der Waals surface area contributed by atoms with E-state index in [-0.39, 0.29) is 11.3 Å². The van der Waals surface area contributed by atoms with Crippen molar-refractivity contribution >= 4 is 28.1 Å². The van der Waals surface area contributed by atoms with Crippen molar-refractivity contribution in [2.75, 3.05) is 0 Å². The zero-order valence-electron chi connectivity index (χ0n) is 12.1. The van der Waals surface area contributed by atoms with Gasteiger partial charge in [-0.2, -0.15) is 10.2 Å². The third-order valence-corrected chi connectivity index (χ3v) is 3.34. The molecule has 0 radical (unpaired) electrons. The molecule has 0 saturated carbocycles. The second-order valence-electron chi connectivity index (χ2n) is 5.67. The molecule has 0 unspecified atom stereocenters. The minimum Gasteiger partial charge on any atom is -0.281 e. The van der Waals surface area contributed by atoms with Crippen molar-refractivity contribution in [1.29, 1.82) is 0 Å². The molecule has 0 atom stereocenters. The van der Waals surface area contributed by atoms with Crippen molar-refractivity contribution in [2.45, 2.75) is 26.2 Å². The number of carbonyl (C=O) groups is 1. The number of nitrogens with one attached hydrogen (secondary N) is 2. The van der Waals surface area contributed by atoms with E-state index >= 15 is 0 Å². The van der Waals surface area contributed by atoms with Crippen molar-refractivity contribution < 1.29 is 4.79 Å². The highest BCUT2D eigenvalue weighted by atomic mass is 79.9. The zero-order valence-corrected chi connectivity index (χ0v) is 13.7. The Morgan fingerprint density at radius 1 is 1.38 bits per heavy atom. The Kier molecular flexibility index (Phi) is 4.57. The van der Waals surface area contributed by atoms with E-state index in [2.05, 4.69) is 36.7 Å². The van der Waals surface area contributed by atoms with Crippen molar-refractivity contribution in [2.24, 2.45) is 5.10 Å². The van der Waals surface area contributed by atoms with Crippen LogP contribution in [0.3, 0.4) is 0 Å². The molecule has 6 heteroatoms. The number of hydrogen-bond donors (Lipinski definition) is 2. The van der Waals surface area contributed by atoms with Crippen LogP contribution in [0.5, 0.6) is 0 Å². The molecule has 21 heavy (non-hydrogen) atoms. The standard InChI is InChI=1S/C15H17BrN4O/c1-15(2,3)13-8-12(18-19-13)14(21)20-17-9-10-5-4-6-11(16)7-10/h4-9H,1-3H3,(H,18,19)(H,20,21)/b17-9-. The lowest BCUT2D eigenvalue weighted by Gasteiger charge is -2.14. The summed E-state index contributed by atoms with van der Waals surface area (Å²) in [7, 11) is 0. The number of amides is 1. The summed E-state index contributed by atoms with van der Waals surface area (Å²) in [6.07, 6.45) is 1.58. The molecule has 0 aliphatic heterocycles. The third kappa shape index (κ3) is 4.26. The quantitative estimate of drug-likeness (QED) is 0.660. The number of halogens is 1. The molecule has 0 spiro atoms. The van der Waals surface area contributed by atoms with Crippen molar-refractivity contribution in [1.82, 2.24) is 15.6 Å². The van der Waals surface area contributed by atoms with E-state index < -0.39 is 0 Å². The summed E-state index contributed by atoms with van der Waals surface area (Å²) in [5, 5.41) is 10.8. The van der Waals surface area contributed by atoms with Gasteiger partial charge in [0.05, 0.1) is 6.21 Å². The van der Waals surface area contributed by atoms with Crippen LogP contribution in [0.1, 0.15) is 42.5 Å². The van der Waals surface area contributed by atoms with Gasteiger partial charge in [0.25, 0.3) is 5.91 Å². The number of aromatic amines is 1. The lowest BCUT2D eigenvalue weighted by molar-refractivity contribution is 0.0950. The fourth-order valence-corrected chi connectivity index (χ4v) is 2.05. The van der Waals surface area contributed by atoms with Gasteiger partial charge in [0, 0.05) is 15.6 Å². The molecule has 1 amide bonds. The molecular weight excluding hydrogens is 332 g/mol. The number of H-pyrrole nitrogens is 1. The summed E-state index contributed by atoms with van der Waals surface area (Å²) in [4.78, 5) is 11.9. The van der Waals surface area contributed by atoms with Gasteiger partial charge >= 0.3 is 0 Å². The van der Waals surface area contributed by atoms with E-state index in [4.69, 9.17) is 0 Å². The van der Waals surface area contributed by atoms with Gasteiger partial charge in [0.1, 0.15) is 0 Å². The van der Waals surface area contributed by atoms with Gasteiger partial charge in [0.2, 0.25) is 0 Å². The minimum atomic E-state index is -0.340. The lowest BCUT2D eigenvalue weighted by atomic mass is 9.92. The first-order valence-corrected chi connectivity index (χ1v) is 7.30. The number of rotatable bonds is 3. The van der Waals surface area contributed by atoms with Gasteiger partial charge in [-0.15, -0.1) is 0 Å². The Bertz CT molecular complexity index is 670. The Morgan fingerprint density at radius 3 is 2.76 bits per heavy atom. The second-order valence-corrected chi connectivity index (χ2v) is 6.59. The summed E-state index contributed by atoms with van der Waals surface area (Å²) >= 11 is 3.38. The van der Waals surface area contributed by atoms with E-state index in [9.17, 15) is 4.79 Å². The van der Waals surface area contributed by atoms with Crippen LogP contribution in [0.25, 0.3) is 0 Å². The zero-order chi connectivity index (χ0) is 15.5. The predicted octanol–water partition coefficient (Wildman–Crippen LogP) is 3.23. The number of nitrogens with zero attached hydrogens (tertiary/aromatic N) is 2. The average molecular weight is 349 g/mol. The summed E-state index contributed by atoms with van der Waals surface area (Å²) in [6.45, 7) is 6.15. The molecule has 0 aliphatic carbocycles. The highest BCUT2D eigenvalue weighted by Crippen LogP contribution is 2.20. The van der Waals surface area contributed by atoms with Crippen LogP contribution in [0.2, 0.25) is 0 Å². The normalized spacial score (nSPS) is 11.8. The Balaban J connectivity index is 2.00. The van der Waals surface area contributed by atoms with Crippen LogP contribution >= 0.6 is 15.9 Å². The maximum Gasteiger partial charge on any atom is 0.291 e. The van der Waals surface area contributed by atoms with Crippen LogP contribution < -0.4 is 5.43 Å². The maximum absolute atomic E-state index is 11.9. The molecule has 0 aliphatic rings. The van der Waals surface area contributed by atoms with Crippen molar-refractivity contribution in [3.63, 3.8) is 0 Å². The highest BCUT2D eigenvalue weighted by Gasteiger charge is 2.18. The molecule has 2 N–H and O–H groups in total. The molecule has 1 aromatic carbocycles. The Labute approximate surface area is 132 Å². The molecule has 0 saturated heterocycles.